The lowest BCUT2D eigenvalue weighted by molar-refractivity contribution is 0.572. The second kappa shape index (κ2) is 11.5. The summed E-state index contributed by atoms with van der Waals surface area (Å²) >= 11 is 0. The predicted octanol–water partition coefficient (Wildman–Crippen LogP) is 3.61. The molecule has 150 valence electrons. The summed E-state index contributed by atoms with van der Waals surface area (Å²) in [5.74, 6) is 1.40. The van der Waals surface area contributed by atoms with Gasteiger partial charge in [-0.25, -0.2) is 15.0 Å². The van der Waals surface area contributed by atoms with Crippen LogP contribution in [0.1, 0.15) is 24.6 Å². The smallest absolute Gasteiger partial charge is 0.226 e. The zero-order valence-corrected chi connectivity index (χ0v) is 18.6. The van der Waals surface area contributed by atoms with E-state index in [9.17, 15) is 0 Å². The molecular formula is C20H27IN6O. The Morgan fingerprint density at radius 3 is 2.75 bits per heavy atom. The van der Waals surface area contributed by atoms with Gasteiger partial charge in [0.05, 0.1) is 12.9 Å². The van der Waals surface area contributed by atoms with Gasteiger partial charge in [0.1, 0.15) is 12.0 Å². The Balaban J connectivity index is 0.00000280. The molecule has 2 aromatic heterocycles. The van der Waals surface area contributed by atoms with Crippen molar-refractivity contribution in [3.63, 3.8) is 0 Å². The molecule has 0 amide bonds. The first-order valence-electron chi connectivity index (χ1n) is 9.24. The lowest BCUT2D eigenvalue weighted by Crippen LogP contribution is -2.38. The van der Waals surface area contributed by atoms with Gasteiger partial charge in [0, 0.05) is 37.6 Å². The van der Waals surface area contributed by atoms with Gasteiger partial charge in [0.2, 0.25) is 5.89 Å². The molecule has 0 aliphatic heterocycles. The summed E-state index contributed by atoms with van der Waals surface area (Å²) < 4.78 is 7.66. The van der Waals surface area contributed by atoms with Gasteiger partial charge in [-0.3, -0.25) is 0 Å². The molecule has 0 fully saturated rings. The Morgan fingerprint density at radius 2 is 2.04 bits per heavy atom. The Morgan fingerprint density at radius 1 is 1.21 bits per heavy atom. The lowest BCUT2D eigenvalue weighted by atomic mass is 10.1. The fourth-order valence-electron chi connectivity index (χ4n) is 2.60. The van der Waals surface area contributed by atoms with Gasteiger partial charge in [-0.1, -0.05) is 17.7 Å². The van der Waals surface area contributed by atoms with Crippen molar-refractivity contribution in [3.05, 3.63) is 60.5 Å². The van der Waals surface area contributed by atoms with Gasteiger partial charge in [0.15, 0.2) is 5.96 Å². The Hall–Kier alpha value is -2.36. The highest BCUT2D eigenvalue weighted by atomic mass is 127. The first-order valence-corrected chi connectivity index (χ1v) is 9.24. The molecule has 0 unspecified atom stereocenters. The molecule has 3 rings (SSSR count). The first kappa shape index (κ1) is 21.9. The van der Waals surface area contributed by atoms with Crippen molar-refractivity contribution in [2.24, 2.45) is 4.99 Å². The van der Waals surface area contributed by atoms with E-state index in [1.165, 1.54) is 5.56 Å². The van der Waals surface area contributed by atoms with Gasteiger partial charge < -0.3 is 19.6 Å². The zero-order valence-electron chi connectivity index (χ0n) is 16.3. The molecule has 3 aromatic rings. The van der Waals surface area contributed by atoms with Crippen LogP contribution in [0.15, 0.2) is 58.7 Å². The zero-order chi connectivity index (χ0) is 18.9. The molecular weight excluding hydrogens is 467 g/mol. The van der Waals surface area contributed by atoms with Crippen LogP contribution < -0.4 is 10.6 Å². The van der Waals surface area contributed by atoms with Crippen molar-refractivity contribution < 1.29 is 4.42 Å². The molecule has 0 atom stereocenters. The molecule has 0 saturated carbocycles. The van der Waals surface area contributed by atoms with Gasteiger partial charge in [-0.15, -0.1) is 24.0 Å². The SMILES string of the molecule is CCNC(=NCc1coc(-c2ccc(C)cc2)n1)NCCCn1ccnc1.I. The fraction of sp³-hybridized carbons (Fsp3) is 0.350. The minimum Gasteiger partial charge on any atom is -0.444 e. The minimum absolute atomic E-state index is 0. The highest BCUT2D eigenvalue weighted by Crippen LogP contribution is 2.19. The molecule has 0 radical (unpaired) electrons. The molecule has 0 aliphatic carbocycles. The third kappa shape index (κ3) is 6.66. The van der Waals surface area contributed by atoms with Crippen LogP contribution in [-0.2, 0) is 13.1 Å². The normalized spacial score (nSPS) is 11.1. The van der Waals surface area contributed by atoms with E-state index in [0.717, 1.165) is 43.3 Å². The maximum Gasteiger partial charge on any atom is 0.226 e. The number of halogens is 1. The second-order valence-corrected chi connectivity index (χ2v) is 6.29. The number of aromatic nitrogens is 3. The van der Waals surface area contributed by atoms with Crippen LogP contribution >= 0.6 is 24.0 Å². The molecule has 8 heteroatoms. The quantitative estimate of drug-likeness (QED) is 0.217. The first-order chi connectivity index (χ1) is 13.2. The van der Waals surface area contributed by atoms with Gasteiger partial charge >= 0.3 is 0 Å². The number of nitrogens with zero attached hydrogens (tertiary/aromatic N) is 4. The molecule has 0 spiro atoms. The molecule has 2 heterocycles. The second-order valence-electron chi connectivity index (χ2n) is 6.29. The number of aliphatic imine (C=N–C) groups is 1. The average molecular weight is 494 g/mol. The largest absolute Gasteiger partial charge is 0.444 e. The van der Waals surface area contributed by atoms with Crippen LogP contribution in [0.5, 0.6) is 0 Å². The van der Waals surface area contributed by atoms with Crippen molar-refractivity contribution in [3.8, 4) is 11.5 Å². The molecule has 0 bridgehead atoms. The van der Waals surface area contributed by atoms with Gasteiger partial charge in [-0.05, 0) is 32.4 Å². The fourth-order valence-corrected chi connectivity index (χ4v) is 2.60. The number of aryl methyl sites for hydroxylation is 2. The minimum atomic E-state index is 0. The maximum absolute atomic E-state index is 5.59. The van der Waals surface area contributed by atoms with E-state index >= 15 is 0 Å². The number of imidazole rings is 1. The van der Waals surface area contributed by atoms with Crippen molar-refractivity contribution in [2.75, 3.05) is 13.1 Å². The third-order valence-electron chi connectivity index (χ3n) is 4.04. The molecule has 7 nitrogen and oxygen atoms in total. The van der Waals surface area contributed by atoms with E-state index in [4.69, 9.17) is 4.42 Å². The van der Waals surface area contributed by atoms with Gasteiger partial charge in [0.25, 0.3) is 0 Å². The summed E-state index contributed by atoms with van der Waals surface area (Å²) in [7, 11) is 0. The van der Waals surface area contributed by atoms with E-state index < -0.39 is 0 Å². The molecule has 1 aromatic carbocycles. The number of hydrogen-bond donors (Lipinski definition) is 2. The van der Waals surface area contributed by atoms with Crippen molar-refractivity contribution >= 4 is 29.9 Å². The number of oxazole rings is 1. The van der Waals surface area contributed by atoms with Crippen LogP contribution in [0, 0.1) is 6.92 Å². The lowest BCUT2D eigenvalue weighted by Gasteiger charge is -2.11. The average Bonchev–Trinajstić information content (AvgIpc) is 3.36. The summed E-state index contributed by atoms with van der Waals surface area (Å²) in [5.41, 5.74) is 2.99. The highest BCUT2D eigenvalue weighted by molar-refractivity contribution is 14.0. The Kier molecular flexibility index (Phi) is 8.99. The summed E-state index contributed by atoms with van der Waals surface area (Å²) in [6.45, 7) is 7.14. The third-order valence-corrected chi connectivity index (χ3v) is 4.04. The van der Waals surface area contributed by atoms with Crippen LogP contribution in [-0.4, -0.2) is 33.6 Å². The monoisotopic (exact) mass is 494 g/mol. The number of guanidine groups is 1. The number of benzene rings is 1. The molecule has 0 saturated heterocycles. The molecule has 2 N–H and O–H groups in total. The topological polar surface area (TPSA) is 80.3 Å². The van der Waals surface area contributed by atoms with Crippen molar-refractivity contribution in [1.82, 2.24) is 25.2 Å². The van der Waals surface area contributed by atoms with Crippen molar-refractivity contribution in [1.29, 1.82) is 0 Å². The Labute approximate surface area is 182 Å². The van der Waals surface area contributed by atoms with Crippen molar-refractivity contribution in [2.45, 2.75) is 33.4 Å². The Bertz CT molecular complexity index is 842. The summed E-state index contributed by atoms with van der Waals surface area (Å²) in [4.78, 5) is 13.2. The van der Waals surface area contributed by atoms with E-state index in [2.05, 4.69) is 37.1 Å². The number of rotatable bonds is 8. The highest BCUT2D eigenvalue weighted by Gasteiger charge is 2.06. The summed E-state index contributed by atoms with van der Waals surface area (Å²) in [5, 5.41) is 6.60. The maximum atomic E-state index is 5.59. The number of nitrogens with one attached hydrogen (secondary N) is 2. The number of hydrogen-bond acceptors (Lipinski definition) is 4. The van der Waals surface area contributed by atoms with E-state index in [1.807, 2.05) is 43.7 Å². The van der Waals surface area contributed by atoms with Crippen LogP contribution in [0.2, 0.25) is 0 Å². The predicted molar refractivity (Wildman–Crippen MR) is 122 cm³/mol. The van der Waals surface area contributed by atoms with Crippen LogP contribution in [0.3, 0.4) is 0 Å². The van der Waals surface area contributed by atoms with E-state index in [-0.39, 0.29) is 24.0 Å². The summed E-state index contributed by atoms with van der Waals surface area (Å²) in [6, 6.07) is 8.13. The van der Waals surface area contributed by atoms with Crippen LogP contribution in [0.4, 0.5) is 0 Å². The molecule has 28 heavy (non-hydrogen) atoms. The van der Waals surface area contributed by atoms with Crippen LogP contribution in [0.25, 0.3) is 11.5 Å². The summed E-state index contributed by atoms with van der Waals surface area (Å²) in [6.07, 6.45) is 8.25. The molecule has 0 aliphatic rings. The van der Waals surface area contributed by atoms with E-state index in [0.29, 0.717) is 12.4 Å². The van der Waals surface area contributed by atoms with E-state index in [1.54, 1.807) is 12.5 Å². The standard InChI is InChI=1S/C20H26N6O.HI/c1-3-22-20(23-9-4-11-26-12-10-21-15-26)24-13-18-14-27-19(25-18)17-7-5-16(2)6-8-17;/h5-8,10,12,14-15H,3-4,9,11,13H2,1-2H3,(H2,22,23,24);1H. The van der Waals surface area contributed by atoms with Gasteiger partial charge in [-0.2, -0.15) is 0 Å².